The zero-order valence-electron chi connectivity index (χ0n) is 16.6. The summed E-state index contributed by atoms with van der Waals surface area (Å²) < 4.78 is 5.75. The second-order valence-corrected chi connectivity index (χ2v) is 8.13. The van der Waals surface area contributed by atoms with Crippen molar-refractivity contribution in [3.63, 3.8) is 0 Å². The summed E-state index contributed by atoms with van der Waals surface area (Å²) in [6, 6.07) is 14.3. The van der Waals surface area contributed by atoms with Gasteiger partial charge in [0.1, 0.15) is 11.3 Å². The zero-order chi connectivity index (χ0) is 20.8. The summed E-state index contributed by atoms with van der Waals surface area (Å²) >= 11 is 0. The Bertz CT molecular complexity index is 1100. The Morgan fingerprint density at radius 3 is 2.45 bits per heavy atom. The zero-order valence-corrected chi connectivity index (χ0v) is 16.6. The average Bonchev–Trinajstić information content (AvgIpc) is 3.19. The van der Waals surface area contributed by atoms with Gasteiger partial charge in [0.15, 0.2) is 0 Å². The van der Waals surface area contributed by atoms with Crippen LogP contribution in [0.3, 0.4) is 0 Å². The molecular formula is C23H22N2O4. The largest absolute Gasteiger partial charge is 0.461 e. The summed E-state index contributed by atoms with van der Waals surface area (Å²) in [5.41, 5.74) is 1.16. The van der Waals surface area contributed by atoms with Gasteiger partial charge in [0, 0.05) is 29.5 Å². The molecule has 0 atom stereocenters. The number of hydrogen-bond acceptors (Lipinski definition) is 4. The SMILES string of the molecule is CC(C)(C)N1C(=O)c2ccc(C(=O)NCCc3cc4ccccc4o3)cc2C1=O. The van der Waals surface area contributed by atoms with E-state index in [2.05, 4.69) is 5.32 Å². The molecule has 1 aliphatic rings. The first-order chi connectivity index (χ1) is 13.8. The molecular weight excluding hydrogens is 368 g/mol. The van der Waals surface area contributed by atoms with Crippen LogP contribution in [0, 0.1) is 0 Å². The van der Waals surface area contributed by atoms with Crippen LogP contribution >= 0.6 is 0 Å². The van der Waals surface area contributed by atoms with E-state index in [1.165, 1.54) is 11.0 Å². The van der Waals surface area contributed by atoms with E-state index in [1.54, 1.807) is 32.9 Å². The Morgan fingerprint density at radius 2 is 1.72 bits per heavy atom. The van der Waals surface area contributed by atoms with Gasteiger partial charge in [-0.15, -0.1) is 0 Å². The molecule has 1 aliphatic heterocycles. The lowest BCUT2D eigenvalue weighted by molar-refractivity contribution is 0.0507. The summed E-state index contributed by atoms with van der Waals surface area (Å²) in [4.78, 5) is 39.0. The number of rotatable bonds is 4. The van der Waals surface area contributed by atoms with Gasteiger partial charge in [0.05, 0.1) is 11.1 Å². The van der Waals surface area contributed by atoms with Gasteiger partial charge in [-0.2, -0.15) is 0 Å². The molecule has 0 aliphatic carbocycles. The first-order valence-corrected chi connectivity index (χ1v) is 9.54. The number of nitrogens with zero attached hydrogens (tertiary/aromatic N) is 1. The molecule has 1 aromatic heterocycles. The van der Waals surface area contributed by atoms with E-state index in [1.807, 2.05) is 30.3 Å². The molecule has 29 heavy (non-hydrogen) atoms. The molecule has 6 heteroatoms. The molecule has 2 aromatic carbocycles. The average molecular weight is 390 g/mol. The van der Waals surface area contributed by atoms with Gasteiger partial charge in [0.2, 0.25) is 0 Å². The predicted molar refractivity (Wildman–Crippen MR) is 109 cm³/mol. The van der Waals surface area contributed by atoms with Crippen molar-refractivity contribution >= 4 is 28.7 Å². The summed E-state index contributed by atoms with van der Waals surface area (Å²) in [5.74, 6) is -0.191. The maximum Gasteiger partial charge on any atom is 0.262 e. The van der Waals surface area contributed by atoms with Crippen molar-refractivity contribution in [3.8, 4) is 0 Å². The number of furan rings is 1. The summed E-state index contributed by atoms with van der Waals surface area (Å²) in [6.45, 7) is 5.82. The van der Waals surface area contributed by atoms with Crippen LogP contribution in [0.15, 0.2) is 52.9 Å². The number of nitrogens with one attached hydrogen (secondary N) is 1. The van der Waals surface area contributed by atoms with Gasteiger partial charge in [-0.3, -0.25) is 19.3 Å². The molecule has 0 spiro atoms. The van der Waals surface area contributed by atoms with Gasteiger partial charge in [0.25, 0.3) is 17.7 Å². The Morgan fingerprint density at radius 1 is 1.00 bits per heavy atom. The highest BCUT2D eigenvalue weighted by atomic mass is 16.3. The van der Waals surface area contributed by atoms with Gasteiger partial charge in [-0.05, 0) is 51.1 Å². The first kappa shape index (κ1) is 18.9. The third-order valence-corrected chi connectivity index (χ3v) is 4.95. The van der Waals surface area contributed by atoms with E-state index in [-0.39, 0.29) is 23.3 Å². The van der Waals surface area contributed by atoms with E-state index in [0.717, 1.165) is 16.7 Å². The Kier molecular flexibility index (Phi) is 4.49. The number of amides is 3. The Hall–Kier alpha value is -3.41. The van der Waals surface area contributed by atoms with E-state index < -0.39 is 5.54 Å². The van der Waals surface area contributed by atoms with Crippen molar-refractivity contribution in [3.05, 3.63) is 71.0 Å². The highest BCUT2D eigenvalue weighted by molar-refractivity contribution is 6.22. The number of imide groups is 1. The van der Waals surface area contributed by atoms with Crippen LogP contribution in [-0.2, 0) is 6.42 Å². The number of carbonyl (C=O) groups excluding carboxylic acids is 3. The number of benzene rings is 2. The lowest BCUT2D eigenvalue weighted by atomic mass is 10.1. The smallest absolute Gasteiger partial charge is 0.262 e. The molecule has 148 valence electrons. The first-order valence-electron chi connectivity index (χ1n) is 9.54. The highest BCUT2D eigenvalue weighted by Gasteiger charge is 2.42. The molecule has 2 heterocycles. The molecule has 4 rings (SSSR count). The number of fused-ring (bicyclic) bond motifs is 2. The van der Waals surface area contributed by atoms with Crippen molar-refractivity contribution in [1.29, 1.82) is 0 Å². The summed E-state index contributed by atoms with van der Waals surface area (Å²) in [7, 11) is 0. The van der Waals surface area contributed by atoms with Gasteiger partial charge < -0.3 is 9.73 Å². The monoisotopic (exact) mass is 390 g/mol. The fourth-order valence-corrected chi connectivity index (χ4v) is 3.55. The second kappa shape index (κ2) is 6.88. The van der Waals surface area contributed by atoms with E-state index in [4.69, 9.17) is 4.42 Å². The summed E-state index contributed by atoms with van der Waals surface area (Å²) in [5, 5.41) is 3.87. The van der Waals surface area contributed by atoms with Crippen LogP contribution in [0.4, 0.5) is 0 Å². The molecule has 0 saturated heterocycles. The maximum atomic E-state index is 12.7. The normalized spacial score (nSPS) is 13.8. The molecule has 3 amide bonds. The quantitative estimate of drug-likeness (QED) is 0.687. The van der Waals surface area contributed by atoms with Gasteiger partial charge in [-0.25, -0.2) is 0 Å². The van der Waals surface area contributed by atoms with Crippen molar-refractivity contribution in [2.24, 2.45) is 0 Å². The van der Waals surface area contributed by atoms with Crippen LogP contribution in [0.25, 0.3) is 11.0 Å². The lowest BCUT2D eigenvalue weighted by Crippen LogP contribution is -2.45. The van der Waals surface area contributed by atoms with Crippen molar-refractivity contribution in [2.75, 3.05) is 6.54 Å². The van der Waals surface area contributed by atoms with Crippen LogP contribution < -0.4 is 5.32 Å². The van der Waals surface area contributed by atoms with Crippen molar-refractivity contribution in [1.82, 2.24) is 10.2 Å². The van der Waals surface area contributed by atoms with Crippen molar-refractivity contribution in [2.45, 2.75) is 32.7 Å². The standard InChI is InChI=1S/C23H22N2O4/c1-23(2,3)25-21(27)17-9-8-15(13-18(17)22(25)28)20(26)24-11-10-16-12-14-6-4-5-7-19(14)29-16/h4-9,12-13H,10-11H2,1-3H3,(H,24,26). The fraction of sp³-hybridized carbons (Fsp3) is 0.261. The third-order valence-electron chi connectivity index (χ3n) is 4.95. The molecule has 1 N–H and O–H groups in total. The maximum absolute atomic E-state index is 12.7. The lowest BCUT2D eigenvalue weighted by Gasteiger charge is -2.29. The van der Waals surface area contributed by atoms with Crippen LogP contribution in [0.2, 0.25) is 0 Å². The predicted octanol–water partition coefficient (Wildman–Crippen LogP) is 3.80. The number of carbonyl (C=O) groups is 3. The van der Waals surface area contributed by atoms with Crippen LogP contribution in [0.5, 0.6) is 0 Å². The third kappa shape index (κ3) is 3.42. The Labute approximate surface area is 168 Å². The molecule has 3 aromatic rings. The number of para-hydroxylation sites is 1. The molecule has 0 bridgehead atoms. The highest BCUT2D eigenvalue weighted by Crippen LogP contribution is 2.29. The van der Waals surface area contributed by atoms with Crippen LogP contribution in [-0.4, -0.2) is 34.7 Å². The van der Waals surface area contributed by atoms with E-state index in [0.29, 0.717) is 24.1 Å². The minimum Gasteiger partial charge on any atom is -0.461 e. The topological polar surface area (TPSA) is 79.6 Å². The van der Waals surface area contributed by atoms with E-state index in [9.17, 15) is 14.4 Å². The minimum atomic E-state index is -0.623. The minimum absolute atomic E-state index is 0.273. The molecule has 0 fully saturated rings. The molecule has 6 nitrogen and oxygen atoms in total. The Balaban J connectivity index is 1.44. The second-order valence-electron chi connectivity index (χ2n) is 8.13. The molecule has 0 radical (unpaired) electrons. The summed E-state index contributed by atoms with van der Waals surface area (Å²) in [6.07, 6.45) is 0.556. The van der Waals surface area contributed by atoms with E-state index >= 15 is 0 Å². The molecule has 0 unspecified atom stereocenters. The number of hydrogen-bond donors (Lipinski definition) is 1. The van der Waals surface area contributed by atoms with Gasteiger partial charge >= 0.3 is 0 Å². The fourth-order valence-electron chi connectivity index (χ4n) is 3.55. The van der Waals surface area contributed by atoms with Crippen LogP contribution in [0.1, 0.15) is 57.6 Å². The van der Waals surface area contributed by atoms with Crippen molar-refractivity contribution < 1.29 is 18.8 Å². The van der Waals surface area contributed by atoms with Gasteiger partial charge in [-0.1, -0.05) is 18.2 Å². The molecule has 0 saturated carbocycles.